The van der Waals surface area contributed by atoms with E-state index in [4.69, 9.17) is 21.7 Å². The molecule has 5 nitrogen and oxygen atoms in total. The second-order valence-corrected chi connectivity index (χ2v) is 5.59. The van der Waals surface area contributed by atoms with Gasteiger partial charge in [-0.15, -0.1) is 0 Å². The van der Waals surface area contributed by atoms with Crippen LogP contribution in [0.3, 0.4) is 0 Å². The second kappa shape index (κ2) is 8.49. The van der Waals surface area contributed by atoms with Crippen molar-refractivity contribution >= 4 is 18.1 Å². The molecule has 1 aromatic heterocycles. The maximum Gasteiger partial charge on any atom is 0.254 e. The Labute approximate surface area is 147 Å². The molecule has 1 aromatic carbocycles. The fraction of sp³-hybridized carbons (Fsp3) is 0.333. The Hall–Kier alpha value is -2.34. The fourth-order valence-corrected chi connectivity index (χ4v) is 2.52. The first-order valence-corrected chi connectivity index (χ1v) is 8.35. The molecule has 0 aliphatic rings. The van der Waals surface area contributed by atoms with E-state index >= 15 is 0 Å². The highest BCUT2D eigenvalue weighted by Crippen LogP contribution is 2.30. The monoisotopic (exact) mass is 346 g/mol. The first kappa shape index (κ1) is 18.0. The predicted octanol–water partition coefficient (Wildman–Crippen LogP) is 4.03. The largest absolute Gasteiger partial charge is 0.490 e. The number of nitrogens with one attached hydrogen (secondary N) is 2. The highest BCUT2D eigenvalue weighted by molar-refractivity contribution is 7.71. The zero-order chi connectivity index (χ0) is 17.5. The number of amides is 1. The first-order valence-electron chi connectivity index (χ1n) is 7.94. The Bertz CT molecular complexity index is 758. The Morgan fingerprint density at radius 1 is 1.21 bits per heavy atom. The van der Waals surface area contributed by atoms with Crippen LogP contribution in [0.4, 0.5) is 0 Å². The number of carbonyl (C=O) groups is 1. The van der Waals surface area contributed by atoms with Gasteiger partial charge in [0, 0.05) is 6.20 Å². The summed E-state index contributed by atoms with van der Waals surface area (Å²) in [7, 11) is 0. The summed E-state index contributed by atoms with van der Waals surface area (Å²) < 4.78 is 11.6. The molecule has 2 rings (SSSR count). The highest BCUT2D eigenvalue weighted by Gasteiger charge is 2.15. The topological polar surface area (TPSA) is 63.3 Å². The summed E-state index contributed by atoms with van der Waals surface area (Å²) in [6.45, 7) is 6.88. The molecule has 0 radical (unpaired) electrons. The number of aromatic nitrogens is 1. The van der Waals surface area contributed by atoms with E-state index in [2.05, 4.69) is 10.3 Å². The predicted molar refractivity (Wildman–Crippen MR) is 96.3 cm³/mol. The van der Waals surface area contributed by atoms with Crippen molar-refractivity contribution in [3.63, 3.8) is 0 Å². The molecule has 0 bridgehead atoms. The Balaban J connectivity index is 2.18. The summed E-state index contributed by atoms with van der Waals surface area (Å²) in [6, 6.07) is 8.93. The lowest BCUT2D eigenvalue weighted by atomic mass is 10.1. The van der Waals surface area contributed by atoms with Crippen LogP contribution >= 0.6 is 12.2 Å². The van der Waals surface area contributed by atoms with Crippen LogP contribution in [0.1, 0.15) is 42.7 Å². The van der Waals surface area contributed by atoms with Crippen molar-refractivity contribution < 1.29 is 14.3 Å². The van der Waals surface area contributed by atoms with Gasteiger partial charge in [-0.2, -0.15) is 0 Å². The van der Waals surface area contributed by atoms with Crippen LogP contribution in [0.2, 0.25) is 0 Å². The minimum Gasteiger partial charge on any atom is -0.490 e. The molecular formula is C18H22N2O3S. The van der Waals surface area contributed by atoms with Gasteiger partial charge in [0.2, 0.25) is 0 Å². The molecule has 2 aromatic rings. The summed E-state index contributed by atoms with van der Waals surface area (Å²) in [5, 5.41) is 2.95. The number of hydrogen-bond acceptors (Lipinski definition) is 4. The lowest BCUT2D eigenvalue weighted by Gasteiger charge is -2.17. The van der Waals surface area contributed by atoms with Crippen molar-refractivity contribution in [2.75, 3.05) is 13.2 Å². The molecule has 128 valence electrons. The molecule has 6 heteroatoms. The van der Waals surface area contributed by atoms with Gasteiger partial charge >= 0.3 is 0 Å². The second-order valence-electron chi connectivity index (χ2n) is 5.18. The standard InChI is InChI=1S/C18H22N2O3S/c1-4-22-15-9-8-13(11-16(15)23-5-2)12(3)20-17(21)14-7-6-10-19-18(14)24/h6-12H,4-5H2,1-3H3,(H,19,24)(H,20,21)/t12-/m0/s1. The maximum absolute atomic E-state index is 12.4. The molecule has 1 heterocycles. The number of benzene rings is 1. The Morgan fingerprint density at radius 3 is 2.58 bits per heavy atom. The van der Waals surface area contributed by atoms with Crippen LogP contribution in [0.25, 0.3) is 0 Å². The molecule has 0 spiro atoms. The number of aromatic amines is 1. The molecule has 0 fully saturated rings. The molecule has 2 N–H and O–H groups in total. The maximum atomic E-state index is 12.4. The average Bonchev–Trinajstić information content (AvgIpc) is 2.57. The molecule has 24 heavy (non-hydrogen) atoms. The summed E-state index contributed by atoms with van der Waals surface area (Å²) in [6.07, 6.45) is 1.70. The molecule has 0 aliphatic heterocycles. The molecule has 1 amide bonds. The van der Waals surface area contributed by atoms with E-state index in [1.165, 1.54) is 0 Å². The van der Waals surface area contributed by atoms with Crippen LogP contribution in [0, 0.1) is 4.64 Å². The van der Waals surface area contributed by atoms with E-state index in [9.17, 15) is 4.79 Å². The average molecular weight is 346 g/mol. The van der Waals surface area contributed by atoms with Crippen molar-refractivity contribution in [2.24, 2.45) is 0 Å². The minimum atomic E-state index is -0.212. The molecule has 1 atom stereocenters. The van der Waals surface area contributed by atoms with E-state index < -0.39 is 0 Å². The van der Waals surface area contributed by atoms with Gasteiger partial charge in [0.25, 0.3) is 5.91 Å². The minimum absolute atomic E-state index is 0.193. The summed E-state index contributed by atoms with van der Waals surface area (Å²) >= 11 is 5.15. The van der Waals surface area contributed by atoms with Gasteiger partial charge in [-0.1, -0.05) is 18.3 Å². The summed E-state index contributed by atoms with van der Waals surface area (Å²) in [5.41, 5.74) is 1.39. The fourth-order valence-electron chi connectivity index (χ4n) is 2.30. The van der Waals surface area contributed by atoms with E-state index in [0.717, 1.165) is 5.56 Å². The van der Waals surface area contributed by atoms with Gasteiger partial charge in [-0.25, -0.2) is 0 Å². The van der Waals surface area contributed by atoms with Crippen LogP contribution in [0.5, 0.6) is 11.5 Å². The number of carbonyl (C=O) groups excluding carboxylic acids is 1. The van der Waals surface area contributed by atoms with Gasteiger partial charge in [0.1, 0.15) is 4.64 Å². The zero-order valence-corrected chi connectivity index (χ0v) is 14.9. The normalized spacial score (nSPS) is 11.6. The van der Waals surface area contributed by atoms with Crippen molar-refractivity contribution in [1.29, 1.82) is 0 Å². The number of pyridine rings is 1. The quantitative estimate of drug-likeness (QED) is 0.743. The van der Waals surface area contributed by atoms with Crippen molar-refractivity contribution in [2.45, 2.75) is 26.8 Å². The van der Waals surface area contributed by atoms with E-state index in [0.29, 0.717) is 34.9 Å². The molecule has 0 saturated carbocycles. The van der Waals surface area contributed by atoms with E-state index in [-0.39, 0.29) is 11.9 Å². The zero-order valence-electron chi connectivity index (χ0n) is 14.1. The van der Waals surface area contributed by atoms with Gasteiger partial charge in [0.15, 0.2) is 11.5 Å². The SMILES string of the molecule is CCOc1ccc([C@H](C)NC(=O)c2ccc[nH]c2=S)cc1OCC. The smallest absolute Gasteiger partial charge is 0.254 e. The van der Waals surface area contributed by atoms with Gasteiger partial charge in [-0.05, 0) is 50.6 Å². The van der Waals surface area contributed by atoms with Crippen molar-refractivity contribution in [3.8, 4) is 11.5 Å². The number of ether oxygens (including phenoxy) is 2. The van der Waals surface area contributed by atoms with Gasteiger partial charge in [-0.3, -0.25) is 4.79 Å². The molecule has 0 saturated heterocycles. The van der Waals surface area contributed by atoms with Gasteiger partial charge < -0.3 is 19.8 Å². The van der Waals surface area contributed by atoms with Crippen LogP contribution in [-0.2, 0) is 0 Å². The third kappa shape index (κ3) is 4.35. The molecule has 0 aliphatic carbocycles. The number of rotatable bonds is 7. The summed E-state index contributed by atoms with van der Waals surface area (Å²) in [4.78, 5) is 15.2. The summed E-state index contributed by atoms with van der Waals surface area (Å²) in [5.74, 6) is 1.17. The number of H-pyrrole nitrogens is 1. The molecule has 0 unspecified atom stereocenters. The van der Waals surface area contributed by atoms with Crippen molar-refractivity contribution in [3.05, 3.63) is 52.3 Å². The van der Waals surface area contributed by atoms with Crippen molar-refractivity contribution in [1.82, 2.24) is 10.3 Å². The van der Waals surface area contributed by atoms with E-state index in [1.807, 2.05) is 39.0 Å². The highest BCUT2D eigenvalue weighted by atomic mass is 32.1. The lowest BCUT2D eigenvalue weighted by Crippen LogP contribution is -2.27. The van der Waals surface area contributed by atoms with Gasteiger partial charge in [0.05, 0.1) is 24.8 Å². The Morgan fingerprint density at radius 2 is 1.92 bits per heavy atom. The van der Waals surface area contributed by atoms with Crippen LogP contribution in [-0.4, -0.2) is 24.1 Å². The number of hydrogen-bond donors (Lipinski definition) is 2. The van der Waals surface area contributed by atoms with E-state index in [1.54, 1.807) is 18.3 Å². The third-order valence-corrected chi connectivity index (χ3v) is 3.82. The molecular weight excluding hydrogens is 324 g/mol. The lowest BCUT2D eigenvalue weighted by molar-refractivity contribution is 0.0939. The third-order valence-electron chi connectivity index (χ3n) is 3.48. The van der Waals surface area contributed by atoms with Crippen LogP contribution < -0.4 is 14.8 Å². The Kier molecular flexibility index (Phi) is 6.37. The first-order chi connectivity index (χ1) is 11.6. The van der Waals surface area contributed by atoms with Crippen LogP contribution in [0.15, 0.2) is 36.5 Å².